The third-order valence-electron chi connectivity index (χ3n) is 7.52. The second-order valence-corrected chi connectivity index (χ2v) is 15.5. The Morgan fingerprint density at radius 3 is 2.29 bits per heavy atom. The molecule has 260 valence electrons. The maximum absolute atomic E-state index is 13.6. The molecule has 2 aromatic heterocycles. The number of hydrogen-bond acceptors (Lipinski definition) is 9. The number of carbonyl (C=O) groups is 1. The average Bonchev–Trinajstić information content (AvgIpc) is 3.50. The second kappa shape index (κ2) is 14.7. The number of para-hydroxylation sites is 1. The van der Waals surface area contributed by atoms with E-state index < -0.39 is 20.0 Å². The molecule has 4 aromatic carbocycles. The SMILES string of the molecule is CN(C)CC=CC(=O)Nc1ccc(S(=O)(=O)Nc2cccc(Nc3ncc(Cl)c(-c4cn(S(=O)(=O)c5ccccc5)c5ccccc45)n3)c2)cc1. The van der Waals surface area contributed by atoms with Crippen LogP contribution in [0.1, 0.15) is 0 Å². The lowest BCUT2D eigenvalue weighted by Crippen LogP contribution is -2.14. The van der Waals surface area contributed by atoms with E-state index >= 15 is 0 Å². The van der Waals surface area contributed by atoms with Crippen LogP contribution in [0, 0.1) is 0 Å². The predicted molar refractivity (Wildman–Crippen MR) is 200 cm³/mol. The minimum atomic E-state index is -3.98. The van der Waals surface area contributed by atoms with Crippen molar-refractivity contribution in [3.63, 3.8) is 0 Å². The zero-order valence-corrected chi connectivity index (χ0v) is 29.7. The monoisotopic (exact) mass is 741 g/mol. The van der Waals surface area contributed by atoms with Gasteiger partial charge in [0.05, 0.1) is 37.9 Å². The Morgan fingerprint density at radius 1 is 0.843 bits per heavy atom. The number of nitrogens with zero attached hydrogens (tertiary/aromatic N) is 4. The van der Waals surface area contributed by atoms with Gasteiger partial charge in [0.2, 0.25) is 11.9 Å². The molecule has 0 saturated heterocycles. The molecule has 0 fully saturated rings. The van der Waals surface area contributed by atoms with E-state index in [4.69, 9.17) is 11.6 Å². The molecule has 2 heterocycles. The van der Waals surface area contributed by atoms with Gasteiger partial charge in [-0.05, 0) is 74.8 Å². The number of carbonyl (C=O) groups excluding carboxylic acids is 1. The van der Waals surface area contributed by atoms with Crippen LogP contribution in [0.2, 0.25) is 5.02 Å². The van der Waals surface area contributed by atoms with Crippen LogP contribution < -0.4 is 15.4 Å². The third kappa shape index (κ3) is 8.10. The molecular formula is C36H32ClN7O5S2. The standard InChI is InChI=1S/C36H32ClN7O5S2/c1-43(2)21-9-16-34(45)39-25-17-19-28(20-18-25)50(46,47)42-27-11-8-10-26(22-27)40-36-38-23-32(37)35(41-36)31-24-44(33-15-7-6-14-30(31)33)51(48,49)29-12-4-3-5-13-29/h3-20,22-24,42H,21H2,1-2H3,(H,39,45)(H,38,40,41). The van der Waals surface area contributed by atoms with E-state index in [0.29, 0.717) is 40.1 Å². The summed E-state index contributed by atoms with van der Waals surface area (Å²) in [5.41, 5.74) is 2.42. The van der Waals surface area contributed by atoms with Crippen LogP contribution >= 0.6 is 11.6 Å². The highest BCUT2D eigenvalue weighted by Gasteiger charge is 2.23. The summed E-state index contributed by atoms with van der Waals surface area (Å²) < 4.78 is 57.4. The summed E-state index contributed by atoms with van der Waals surface area (Å²) in [6.07, 6.45) is 6.04. The molecule has 0 radical (unpaired) electrons. The number of fused-ring (bicyclic) bond motifs is 1. The topological polar surface area (TPSA) is 155 Å². The van der Waals surface area contributed by atoms with Crippen LogP contribution in [-0.4, -0.2) is 62.2 Å². The molecule has 6 aromatic rings. The summed E-state index contributed by atoms with van der Waals surface area (Å²) in [6.45, 7) is 0.608. The van der Waals surface area contributed by atoms with Crippen molar-refractivity contribution in [1.82, 2.24) is 18.8 Å². The van der Waals surface area contributed by atoms with Crippen LogP contribution in [0.15, 0.2) is 137 Å². The molecule has 0 spiro atoms. The van der Waals surface area contributed by atoms with Gasteiger partial charge in [0, 0.05) is 41.1 Å². The number of sulfonamides is 1. The highest BCUT2D eigenvalue weighted by Crippen LogP contribution is 2.36. The summed E-state index contributed by atoms with van der Waals surface area (Å²) in [5.74, 6) is -0.180. The summed E-state index contributed by atoms with van der Waals surface area (Å²) in [4.78, 5) is 23.1. The van der Waals surface area contributed by atoms with E-state index in [1.54, 1.807) is 72.8 Å². The van der Waals surface area contributed by atoms with Gasteiger partial charge in [-0.2, -0.15) is 0 Å². The summed E-state index contributed by atoms with van der Waals surface area (Å²) in [5, 5.41) is 6.60. The van der Waals surface area contributed by atoms with Gasteiger partial charge < -0.3 is 15.5 Å². The van der Waals surface area contributed by atoms with Crippen molar-refractivity contribution >= 4 is 71.5 Å². The van der Waals surface area contributed by atoms with E-state index in [-0.39, 0.29) is 32.4 Å². The zero-order valence-electron chi connectivity index (χ0n) is 27.4. The fraction of sp³-hybridized carbons (Fsp3) is 0.0833. The molecular weight excluding hydrogens is 710 g/mol. The summed E-state index contributed by atoms with van der Waals surface area (Å²) >= 11 is 6.58. The number of anilines is 4. The van der Waals surface area contributed by atoms with Crippen molar-refractivity contribution < 1.29 is 21.6 Å². The van der Waals surface area contributed by atoms with E-state index in [1.807, 2.05) is 19.0 Å². The van der Waals surface area contributed by atoms with E-state index in [1.165, 1.54) is 58.8 Å². The fourth-order valence-corrected chi connectivity index (χ4v) is 7.77. The fourth-order valence-electron chi connectivity index (χ4n) is 5.14. The Labute approximate surface area is 300 Å². The van der Waals surface area contributed by atoms with Crippen LogP contribution in [0.3, 0.4) is 0 Å². The lowest BCUT2D eigenvalue weighted by Gasteiger charge is -2.12. The summed E-state index contributed by atoms with van der Waals surface area (Å²) in [7, 11) is -4.14. The lowest BCUT2D eigenvalue weighted by atomic mass is 10.1. The number of halogens is 1. The van der Waals surface area contributed by atoms with Crippen LogP contribution in [0.25, 0.3) is 22.2 Å². The van der Waals surface area contributed by atoms with Crippen molar-refractivity contribution in [2.75, 3.05) is 36.0 Å². The first kappa shape index (κ1) is 35.3. The Balaban J connectivity index is 1.21. The molecule has 1 amide bonds. The van der Waals surface area contributed by atoms with Gasteiger partial charge in [-0.1, -0.05) is 60.1 Å². The minimum absolute atomic E-state index is 0.00105. The van der Waals surface area contributed by atoms with Crippen molar-refractivity contribution in [3.05, 3.63) is 133 Å². The molecule has 0 atom stereocenters. The number of rotatable bonds is 12. The Kier molecular flexibility index (Phi) is 10.2. The predicted octanol–water partition coefficient (Wildman–Crippen LogP) is 6.59. The molecule has 6 rings (SSSR count). The van der Waals surface area contributed by atoms with Gasteiger partial charge in [-0.25, -0.2) is 30.8 Å². The molecule has 3 N–H and O–H groups in total. The van der Waals surface area contributed by atoms with Crippen molar-refractivity contribution in [3.8, 4) is 11.3 Å². The lowest BCUT2D eigenvalue weighted by molar-refractivity contribution is -0.111. The molecule has 0 aliphatic heterocycles. The van der Waals surface area contributed by atoms with Gasteiger partial charge in [0.15, 0.2) is 0 Å². The van der Waals surface area contributed by atoms with Gasteiger partial charge in [-0.3, -0.25) is 9.52 Å². The molecule has 0 aliphatic rings. The quantitative estimate of drug-likeness (QED) is 0.118. The smallest absolute Gasteiger partial charge is 0.268 e. The number of nitrogens with one attached hydrogen (secondary N) is 3. The molecule has 0 aliphatic carbocycles. The average molecular weight is 742 g/mol. The summed E-state index contributed by atoms with van der Waals surface area (Å²) in [6, 6.07) is 27.5. The number of benzene rings is 4. The molecule has 12 nitrogen and oxygen atoms in total. The van der Waals surface area contributed by atoms with Crippen molar-refractivity contribution in [2.24, 2.45) is 0 Å². The number of aromatic nitrogens is 3. The molecule has 0 bridgehead atoms. The van der Waals surface area contributed by atoms with Crippen LogP contribution in [0.5, 0.6) is 0 Å². The van der Waals surface area contributed by atoms with Crippen LogP contribution in [0.4, 0.5) is 23.0 Å². The number of likely N-dealkylation sites (N-methyl/N-ethyl adjacent to an activating group) is 1. The van der Waals surface area contributed by atoms with Crippen molar-refractivity contribution in [1.29, 1.82) is 0 Å². The highest BCUT2D eigenvalue weighted by atomic mass is 35.5. The van der Waals surface area contributed by atoms with E-state index in [0.717, 1.165) is 0 Å². The molecule has 15 heteroatoms. The third-order valence-corrected chi connectivity index (χ3v) is 10.9. The van der Waals surface area contributed by atoms with Crippen LogP contribution in [-0.2, 0) is 24.8 Å². The Hall–Kier alpha value is -5.54. The Morgan fingerprint density at radius 2 is 1.55 bits per heavy atom. The highest BCUT2D eigenvalue weighted by molar-refractivity contribution is 7.92. The minimum Gasteiger partial charge on any atom is -0.324 e. The van der Waals surface area contributed by atoms with Gasteiger partial charge in [0.1, 0.15) is 0 Å². The Bertz CT molecular complexity index is 2470. The van der Waals surface area contributed by atoms with Gasteiger partial charge in [-0.15, -0.1) is 0 Å². The molecule has 51 heavy (non-hydrogen) atoms. The second-order valence-electron chi connectivity index (χ2n) is 11.6. The normalized spacial score (nSPS) is 12.0. The maximum Gasteiger partial charge on any atom is 0.268 e. The van der Waals surface area contributed by atoms with Gasteiger partial charge >= 0.3 is 0 Å². The number of hydrogen-bond donors (Lipinski definition) is 3. The first-order valence-corrected chi connectivity index (χ1v) is 18.8. The largest absolute Gasteiger partial charge is 0.324 e. The maximum atomic E-state index is 13.6. The zero-order chi connectivity index (χ0) is 36.2. The van der Waals surface area contributed by atoms with Crippen molar-refractivity contribution in [2.45, 2.75) is 9.79 Å². The number of amides is 1. The molecule has 0 saturated carbocycles. The molecule has 0 unspecified atom stereocenters. The van der Waals surface area contributed by atoms with E-state index in [9.17, 15) is 21.6 Å². The van der Waals surface area contributed by atoms with E-state index in [2.05, 4.69) is 25.3 Å². The first-order chi connectivity index (χ1) is 24.4. The first-order valence-electron chi connectivity index (χ1n) is 15.5. The van der Waals surface area contributed by atoms with Gasteiger partial charge in [0.25, 0.3) is 20.0 Å².